The first kappa shape index (κ1) is 13.6. The van der Waals surface area contributed by atoms with Gasteiger partial charge in [-0.25, -0.2) is 0 Å². The largest absolute Gasteiger partial charge is 0.380 e. The van der Waals surface area contributed by atoms with Crippen LogP contribution in [0.4, 0.5) is 5.69 Å². The Labute approximate surface area is 124 Å². The second kappa shape index (κ2) is 5.56. The zero-order valence-electron chi connectivity index (χ0n) is 12.7. The van der Waals surface area contributed by atoms with Crippen molar-refractivity contribution in [3.05, 3.63) is 53.0 Å². The lowest BCUT2D eigenvalue weighted by Crippen LogP contribution is -2.03. The third kappa shape index (κ3) is 2.61. The molecule has 0 fully saturated rings. The summed E-state index contributed by atoms with van der Waals surface area (Å²) in [5.41, 5.74) is 6.69. The fourth-order valence-corrected chi connectivity index (χ4v) is 2.58. The number of fused-ring (bicyclic) bond motifs is 1. The van der Waals surface area contributed by atoms with E-state index in [1.165, 1.54) is 5.56 Å². The van der Waals surface area contributed by atoms with E-state index in [2.05, 4.69) is 58.6 Å². The van der Waals surface area contributed by atoms with E-state index in [0.717, 1.165) is 46.6 Å². The SMILES string of the molecule is CCc1cc(NCc2c(C)n[nH]c2C)c2ccccc2n1. The van der Waals surface area contributed by atoms with Crippen LogP contribution in [0.1, 0.15) is 29.6 Å². The molecule has 0 radical (unpaired) electrons. The minimum atomic E-state index is 0.769. The molecular weight excluding hydrogens is 260 g/mol. The number of nitrogens with one attached hydrogen (secondary N) is 2. The molecule has 2 aromatic heterocycles. The van der Waals surface area contributed by atoms with E-state index in [9.17, 15) is 0 Å². The van der Waals surface area contributed by atoms with Crippen molar-refractivity contribution in [1.29, 1.82) is 0 Å². The van der Waals surface area contributed by atoms with Crippen LogP contribution in [0.5, 0.6) is 0 Å². The van der Waals surface area contributed by atoms with Crippen molar-refractivity contribution in [2.24, 2.45) is 0 Å². The third-order valence-corrected chi connectivity index (χ3v) is 3.87. The van der Waals surface area contributed by atoms with Crippen LogP contribution in [-0.4, -0.2) is 15.2 Å². The van der Waals surface area contributed by atoms with Gasteiger partial charge in [-0.3, -0.25) is 10.1 Å². The number of rotatable bonds is 4. The lowest BCUT2D eigenvalue weighted by molar-refractivity contribution is 1.02. The third-order valence-electron chi connectivity index (χ3n) is 3.87. The predicted molar refractivity (Wildman–Crippen MR) is 86.5 cm³/mol. The van der Waals surface area contributed by atoms with Crippen LogP contribution in [-0.2, 0) is 13.0 Å². The number of benzene rings is 1. The van der Waals surface area contributed by atoms with Crippen LogP contribution in [0.3, 0.4) is 0 Å². The summed E-state index contributed by atoms with van der Waals surface area (Å²) < 4.78 is 0. The van der Waals surface area contributed by atoms with E-state index < -0.39 is 0 Å². The quantitative estimate of drug-likeness (QED) is 0.765. The Morgan fingerprint density at radius 1 is 1.19 bits per heavy atom. The molecular formula is C17H20N4. The summed E-state index contributed by atoms with van der Waals surface area (Å²) in [5, 5.41) is 12.0. The van der Waals surface area contributed by atoms with E-state index in [0.29, 0.717) is 0 Å². The predicted octanol–water partition coefficient (Wildman–Crippen LogP) is 3.75. The van der Waals surface area contributed by atoms with Crippen molar-refractivity contribution in [2.75, 3.05) is 5.32 Å². The molecule has 0 bridgehead atoms. The van der Waals surface area contributed by atoms with Gasteiger partial charge in [-0.15, -0.1) is 0 Å². The highest BCUT2D eigenvalue weighted by atomic mass is 15.1. The maximum absolute atomic E-state index is 4.68. The van der Waals surface area contributed by atoms with Crippen molar-refractivity contribution in [1.82, 2.24) is 15.2 Å². The molecule has 0 atom stereocenters. The number of aryl methyl sites for hydroxylation is 3. The zero-order valence-corrected chi connectivity index (χ0v) is 12.7. The Morgan fingerprint density at radius 3 is 2.71 bits per heavy atom. The summed E-state index contributed by atoms with van der Waals surface area (Å²) in [6.45, 7) is 6.98. The second-order valence-electron chi connectivity index (χ2n) is 5.30. The fourth-order valence-electron chi connectivity index (χ4n) is 2.58. The average Bonchev–Trinajstić information content (AvgIpc) is 2.83. The molecule has 0 amide bonds. The Bertz CT molecular complexity index is 754. The molecule has 0 unspecified atom stereocenters. The average molecular weight is 280 g/mol. The molecule has 0 spiro atoms. The van der Waals surface area contributed by atoms with Gasteiger partial charge < -0.3 is 5.32 Å². The first-order chi connectivity index (χ1) is 10.2. The highest BCUT2D eigenvalue weighted by molar-refractivity contribution is 5.91. The summed E-state index contributed by atoms with van der Waals surface area (Å²) >= 11 is 0. The van der Waals surface area contributed by atoms with Gasteiger partial charge in [0.15, 0.2) is 0 Å². The van der Waals surface area contributed by atoms with Gasteiger partial charge in [0, 0.05) is 34.6 Å². The van der Waals surface area contributed by atoms with Gasteiger partial charge in [0.25, 0.3) is 0 Å². The lowest BCUT2D eigenvalue weighted by atomic mass is 10.1. The van der Waals surface area contributed by atoms with Gasteiger partial charge >= 0.3 is 0 Å². The van der Waals surface area contributed by atoms with Crippen LogP contribution in [0.15, 0.2) is 30.3 Å². The van der Waals surface area contributed by atoms with Crippen LogP contribution < -0.4 is 5.32 Å². The molecule has 0 saturated carbocycles. The molecule has 0 aliphatic heterocycles. The van der Waals surface area contributed by atoms with Crippen molar-refractivity contribution in [2.45, 2.75) is 33.7 Å². The lowest BCUT2D eigenvalue weighted by Gasteiger charge is -2.11. The fraction of sp³-hybridized carbons (Fsp3) is 0.294. The molecule has 108 valence electrons. The molecule has 0 aliphatic carbocycles. The van der Waals surface area contributed by atoms with E-state index in [-0.39, 0.29) is 0 Å². The monoisotopic (exact) mass is 280 g/mol. The molecule has 0 aliphatic rings. The Balaban J connectivity index is 1.96. The smallest absolute Gasteiger partial charge is 0.0726 e. The van der Waals surface area contributed by atoms with E-state index in [1.807, 2.05) is 13.0 Å². The number of pyridine rings is 1. The summed E-state index contributed by atoms with van der Waals surface area (Å²) in [4.78, 5) is 4.68. The number of nitrogens with zero attached hydrogens (tertiary/aromatic N) is 2. The molecule has 4 heteroatoms. The molecule has 3 rings (SSSR count). The van der Waals surface area contributed by atoms with Gasteiger partial charge in [-0.1, -0.05) is 25.1 Å². The summed E-state index contributed by atoms with van der Waals surface area (Å²) in [6, 6.07) is 10.4. The summed E-state index contributed by atoms with van der Waals surface area (Å²) in [5.74, 6) is 0. The van der Waals surface area contributed by atoms with Gasteiger partial charge in [-0.05, 0) is 32.4 Å². The number of anilines is 1. The molecule has 0 saturated heterocycles. The molecule has 4 nitrogen and oxygen atoms in total. The maximum Gasteiger partial charge on any atom is 0.0726 e. The van der Waals surface area contributed by atoms with Crippen molar-refractivity contribution < 1.29 is 0 Å². The maximum atomic E-state index is 4.68. The van der Waals surface area contributed by atoms with Crippen molar-refractivity contribution in [3.63, 3.8) is 0 Å². The van der Waals surface area contributed by atoms with Gasteiger partial charge in [0.05, 0.1) is 11.2 Å². The van der Waals surface area contributed by atoms with E-state index >= 15 is 0 Å². The van der Waals surface area contributed by atoms with E-state index in [4.69, 9.17) is 0 Å². The van der Waals surface area contributed by atoms with Crippen molar-refractivity contribution >= 4 is 16.6 Å². The standard InChI is InChI=1S/C17H20N4/c1-4-13-9-17(14-7-5-6-8-16(14)19-13)18-10-15-11(2)20-21-12(15)3/h5-9H,4,10H2,1-3H3,(H,18,19)(H,20,21). The normalized spacial score (nSPS) is 11.0. The number of hydrogen-bond acceptors (Lipinski definition) is 3. The van der Waals surface area contributed by atoms with Crippen molar-refractivity contribution in [3.8, 4) is 0 Å². The number of H-pyrrole nitrogens is 1. The molecule has 3 aromatic rings. The highest BCUT2D eigenvalue weighted by Crippen LogP contribution is 2.24. The first-order valence-corrected chi connectivity index (χ1v) is 7.32. The van der Waals surface area contributed by atoms with Gasteiger partial charge in [-0.2, -0.15) is 5.10 Å². The van der Waals surface area contributed by atoms with Crippen LogP contribution >= 0.6 is 0 Å². The Morgan fingerprint density at radius 2 is 2.00 bits per heavy atom. The number of hydrogen-bond donors (Lipinski definition) is 2. The van der Waals surface area contributed by atoms with Gasteiger partial charge in [0.2, 0.25) is 0 Å². The topological polar surface area (TPSA) is 53.6 Å². The minimum absolute atomic E-state index is 0.769. The Kier molecular flexibility index (Phi) is 3.60. The number of para-hydroxylation sites is 1. The Hall–Kier alpha value is -2.36. The zero-order chi connectivity index (χ0) is 14.8. The molecule has 1 aromatic carbocycles. The van der Waals surface area contributed by atoms with Gasteiger partial charge in [0.1, 0.15) is 0 Å². The number of aromatic nitrogens is 3. The van der Waals surface area contributed by atoms with E-state index in [1.54, 1.807) is 0 Å². The first-order valence-electron chi connectivity index (χ1n) is 7.32. The molecule has 2 N–H and O–H groups in total. The number of aromatic amines is 1. The highest BCUT2D eigenvalue weighted by Gasteiger charge is 2.08. The molecule has 2 heterocycles. The van der Waals surface area contributed by atoms with Crippen LogP contribution in [0, 0.1) is 13.8 Å². The van der Waals surface area contributed by atoms with Crippen LogP contribution in [0.2, 0.25) is 0 Å². The second-order valence-corrected chi connectivity index (χ2v) is 5.30. The molecule has 21 heavy (non-hydrogen) atoms. The summed E-state index contributed by atoms with van der Waals surface area (Å²) in [6.07, 6.45) is 0.934. The van der Waals surface area contributed by atoms with Crippen LogP contribution in [0.25, 0.3) is 10.9 Å². The summed E-state index contributed by atoms with van der Waals surface area (Å²) in [7, 11) is 0. The minimum Gasteiger partial charge on any atom is -0.380 e.